The predicted molar refractivity (Wildman–Crippen MR) is 109 cm³/mol. The van der Waals surface area contributed by atoms with Gasteiger partial charge in [0, 0.05) is 28.6 Å². The third kappa shape index (κ3) is 2.76. The summed E-state index contributed by atoms with van der Waals surface area (Å²) in [6.07, 6.45) is 1.25. The van der Waals surface area contributed by atoms with Crippen LogP contribution in [0.15, 0.2) is 70.4 Å². The standard InChI is InChI=1S/C23H19ClN2O2/c1-13-20-21(15-5-3-2-4-6-15)22-18(25-23(20)28-26-13)11-16(12-19(22)27)14-7-9-17(24)10-8-14/h2-10,16,21,25H,11-12H2,1H3/t16-,21+/m1/s1. The number of carbonyl (C=O) groups excluding carboxylic acids is 1. The lowest BCUT2D eigenvalue weighted by molar-refractivity contribution is -0.116. The maximum Gasteiger partial charge on any atom is 0.233 e. The van der Waals surface area contributed by atoms with Gasteiger partial charge >= 0.3 is 0 Å². The van der Waals surface area contributed by atoms with Gasteiger partial charge in [0.25, 0.3) is 0 Å². The van der Waals surface area contributed by atoms with Crippen LogP contribution < -0.4 is 5.32 Å². The van der Waals surface area contributed by atoms with Crippen LogP contribution in [0.3, 0.4) is 0 Å². The van der Waals surface area contributed by atoms with Crippen molar-refractivity contribution in [3.05, 3.63) is 93.3 Å². The van der Waals surface area contributed by atoms with Crippen LogP contribution in [-0.2, 0) is 4.79 Å². The topological polar surface area (TPSA) is 55.1 Å². The Balaban J connectivity index is 1.61. The van der Waals surface area contributed by atoms with Gasteiger partial charge in [-0.05, 0) is 42.5 Å². The van der Waals surface area contributed by atoms with Crippen LogP contribution >= 0.6 is 11.6 Å². The smallest absolute Gasteiger partial charge is 0.233 e. The fourth-order valence-electron chi connectivity index (χ4n) is 4.42. The Morgan fingerprint density at radius 1 is 1.04 bits per heavy atom. The number of carbonyl (C=O) groups is 1. The van der Waals surface area contributed by atoms with Crippen LogP contribution in [-0.4, -0.2) is 10.9 Å². The van der Waals surface area contributed by atoms with E-state index in [1.807, 2.05) is 49.4 Å². The van der Waals surface area contributed by atoms with Crippen molar-refractivity contribution in [3.63, 3.8) is 0 Å². The maximum absolute atomic E-state index is 13.3. The number of benzene rings is 2. The van der Waals surface area contributed by atoms with Crippen LogP contribution in [0.1, 0.15) is 47.1 Å². The lowest BCUT2D eigenvalue weighted by atomic mass is 9.72. The lowest BCUT2D eigenvalue weighted by Gasteiger charge is -2.34. The Labute approximate surface area is 168 Å². The van der Waals surface area contributed by atoms with E-state index >= 15 is 0 Å². The zero-order chi connectivity index (χ0) is 19.3. The van der Waals surface area contributed by atoms with Crippen molar-refractivity contribution >= 4 is 23.3 Å². The Hall–Kier alpha value is -2.85. The molecule has 0 saturated heterocycles. The van der Waals surface area contributed by atoms with Gasteiger partial charge in [-0.25, -0.2) is 0 Å². The average molecular weight is 391 g/mol. The van der Waals surface area contributed by atoms with E-state index in [1.165, 1.54) is 0 Å². The van der Waals surface area contributed by atoms with E-state index < -0.39 is 0 Å². The summed E-state index contributed by atoms with van der Waals surface area (Å²) in [6, 6.07) is 17.9. The number of ketones is 1. The van der Waals surface area contributed by atoms with Gasteiger partial charge in [0.05, 0.1) is 11.3 Å². The van der Waals surface area contributed by atoms with E-state index in [1.54, 1.807) is 0 Å². The number of aryl methyl sites for hydroxylation is 1. The Bertz CT molecular complexity index is 1080. The first-order valence-electron chi connectivity index (χ1n) is 9.41. The molecule has 28 heavy (non-hydrogen) atoms. The van der Waals surface area contributed by atoms with E-state index in [2.05, 4.69) is 22.6 Å². The van der Waals surface area contributed by atoms with Gasteiger partial charge in [-0.2, -0.15) is 0 Å². The summed E-state index contributed by atoms with van der Waals surface area (Å²) >= 11 is 6.03. The predicted octanol–water partition coefficient (Wildman–Crippen LogP) is 5.59. The molecule has 4 nitrogen and oxygen atoms in total. The number of rotatable bonds is 2. The van der Waals surface area contributed by atoms with Crippen molar-refractivity contribution in [1.82, 2.24) is 5.16 Å². The molecule has 0 radical (unpaired) electrons. The molecule has 2 heterocycles. The molecule has 5 heteroatoms. The van der Waals surface area contributed by atoms with Gasteiger partial charge in [-0.1, -0.05) is 59.2 Å². The minimum absolute atomic E-state index is 0.123. The van der Waals surface area contributed by atoms with E-state index in [0.29, 0.717) is 17.3 Å². The first-order valence-corrected chi connectivity index (χ1v) is 9.79. The summed E-state index contributed by atoms with van der Waals surface area (Å²) in [5, 5.41) is 8.22. The molecule has 1 aliphatic carbocycles. The first kappa shape index (κ1) is 17.3. The number of anilines is 1. The number of fused-ring (bicyclic) bond motifs is 1. The van der Waals surface area contributed by atoms with Crippen molar-refractivity contribution < 1.29 is 9.32 Å². The molecule has 0 unspecified atom stereocenters. The molecule has 3 aromatic rings. The number of halogens is 1. The minimum atomic E-state index is -0.141. The molecule has 2 aliphatic rings. The highest BCUT2D eigenvalue weighted by Gasteiger charge is 2.40. The lowest BCUT2D eigenvalue weighted by Crippen LogP contribution is -2.29. The molecule has 0 saturated carbocycles. The summed E-state index contributed by atoms with van der Waals surface area (Å²) in [6.45, 7) is 1.93. The van der Waals surface area contributed by atoms with Crippen molar-refractivity contribution in [1.29, 1.82) is 0 Å². The SMILES string of the molecule is Cc1noc2c1[C@H](c1ccccc1)C1=C(C[C@@H](c3ccc(Cl)cc3)CC1=O)N2. The maximum atomic E-state index is 13.3. The highest BCUT2D eigenvalue weighted by atomic mass is 35.5. The van der Waals surface area contributed by atoms with Gasteiger partial charge in [0.15, 0.2) is 5.78 Å². The number of nitrogens with one attached hydrogen (secondary N) is 1. The van der Waals surface area contributed by atoms with Gasteiger partial charge in [-0.3, -0.25) is 4.79 Å². The molecular formula is C23H19ClN2O2. The quantitative estimate of drug-likeness (QED) is 0.619. The van der Waals surface area contributed by atoms with Gasteiger partial charge in [0.1, 0.15) is 0 Å². The van der Waals surface area contributed by atoms with Gasteiger partial charge in [-0.15, -0.1) is 0 Å². The summed E-state index contributed by atoms with van der Waals surface area (Å²) in [7, 11) is 0. The number of allylic oxidation sites excluding steroid dienone is 2. The number of Topliss-reactive ketones (excluding diaryl/α,β-unsaturated/α-hetero) is 1. The zero-order valence-corrected chi connectivity index (χ0v) is 16.2. The van der Waals surface area contributed by atoms with Crippen LogP contribution in [0.25, 0.3) is 0 Å². The molecule has 0 spiro atoms. The van der Waals surface area contributed by atoms with Gasteiger partial charge < -0.3 is 9.84 Å². The van der Waals surface area contributed by atoms with Crippen LogP contribution in [0, 0.1) is 6.92 Å². The fraction of sp³-hybridized carbons (Fsp3) is 0.217. The molecule has 2 aromatic carbocycles. The Morgan fingerprint density at radius 2 is 1.79 bits per heavy atom. The zero-order valence-electron chi connectivity index (χ0n) is 15.4. The van der Waals surface area contributed by atoms with E-state index in [0.717, 1.165) is 40.1 Å². The second-order valence-electron chi connectivity index (χ2n) is 7.45. The molecule has 1 N–H and O–H groups in total. The molecule has 140 valence electrons. The third-order valence-electron chi connectivity index (χ3n) is 5.73. The summed E-state index contributed by atoms with van der Waals surface area (Å²) in [5.74, 6) is 0.804. The van der Waals surface area contributed by atoms with E-state index in [4.69, 9.17) is 16.1 Å². The van der Waals surface area contributed by atoms with Crippen LogP contribution in [0.5, 0.6) is 0 Å². The fourth-order valence-corrected chi connectivity index (χ4v) is 4.55. The average Bonchev–Trinajstić information content (AvgIpc) is 3.08. The van der Waals surface area contributed by atoms with Crippen molar-refractivity contribution in [2.75, 3.05) is 5.32 Å². The van der Waals surface area contributed by atoms with E-state index in [-0.39, 0.29) is 17.6 Å². The molecule has 0 amide bonds. The van der Waals surface area contributed by atoms with Crippen LogP contribution in [0.2, 0.25) is 5.02 Å². The molecule has 2 atom stereocenters. The third-order valence-corrected chi connectivity index (χ3v) is 5.98. The molecule has 5 rings (SSSR count). The largest absolute Gasteiger partial charge is 0.338 e. The Kier molecular flexibility index (Phi) is 4.09. The molecule has 1 aliphatic heterocycles. The number of hydrogen-bond donors (Lipinski definition) is 1. The monoisotopic (exact) mass is 390 g/mol. The summed E-state index contributed by atoms with van der Waals surface area (Å²) in [4.78, 5) is 13.3. The van der Waals surface area contributed by atoms with Gasteiger partial charge in [0.2, 0.25) is 5.88 Å². The normalized spacial score (nSPS) is 21.1. The molecule has 0 bridgehead atoms. The van der Waals surface area contributed by atoms with E-state index in [9.17, 15) is 4.79 Å². The first-order chi connectivity index (χ1) is 13.6. The van der Waals surface area contributed by atoms with Crippen molar-refractivity contribution in [3.8, 4) is 0 Å². The molecule has 0 fully saturated rings. The number of nitrogens with zero attached hydrogens (tertiary/aromatic N) is 1. The van der Waals surface area contributed by atoms with Crippen LogP contribution in [0.4, 0.5) is 5.88 Å². The number of hydrogen-bond acceptors (Lipinski definition) is 4. The number of aromatic nitrogens is 1. The molecule has 1 aromatic heterocycles. The second kappa shape index (κ2) is 6.64. The summed E-state index contributed by atoms with van der Waals surface area (Å²) < 4.78 is 5.56. The highest BCUT2D eigenvalue weighted by Crippen LogP contribution is 2.48. The molecular weight excluding hydrogens is 372 g/mol. The van der Waals surface area contributed by atoms with Crippen molar-refractivity contribution in [2.24, 2.45) is 0 Å². The second-order valence-corrected chi connectivity index (χ2v) is 7.89. The van der Waals surface area contributed by atoms with Crippen molar-refractivity contribution in [2.45, 2.75) is 31.6 Å². The minimum Gasteiger partial charge on any atom is -0.338 e. The summed E-state index contributed by atoms with van der Waals surface area (Å²) in [5.41, 5.74) is 5.77. The highest BCUT2D eigenvalue weighted by molar-refractivity contribution is 6.30. The Morgan fingerprint density at radius 3 is 2.54 bits per heavy atom.